The maximum absolute atomic E-state index is 12.3. The van der Waals surface area contributed by atoms with Crippen LogP contribution in [0.1, 0.15) is 15.9 Å². The highest BCUT2D eigenvalue weighted by atomic mass is 32.2. The molecule has 2 aromatic carbocycles. The molecule has 1 aromatic heterocycles. The fraction of sp³-hybridized carbons (Fsp3) is 0.136. The number of hydrogen-bond donors (Lipinski definition) is 2. The molecule has 0 atom stereocenters. The summed E-state index contributed by atoms with van der Waals surface area (Å²) in [5, 5.41) is 5.66. The third kappa shape index (κ3) is 6.36. The number of amides is 2. The summed E-state index contributed by atoms with van der Waals surface area (Å²) in [4.78, 5) is 28.5. The van der Waals surface area contributed by atoms with E-state index in [9.17, 15) is 9.59 Å². The maximum Gasteiger partial charge on any atom is 0.255 e. The van der Waals surface area contributed by atoms with Gasteiger partial charge < -0.3 is 15.4 Å². The Kier molecular flexibility index (Phi) is 7.24. The minimum Gasteiger partial charge on any atom is -0.497 e. The summed E-state index contributed by atoms with van der Waals surface area (Å²) in [6.45, 7) is 0. The molecule has 29 heavy (non-hydrogen) atoms. The van der Waals surface area contributed by atoms with Crippen LogP contribution in [0.4, 0.5) is 11.4 Å². The first kappa shape index (κ1) is 20.4. The summed E-state index contributed by atoms with van der Waals surface area (Å²) in [5.41, 5.74) is 2.92. The Morgan fingerprint density at radius 2 is 1.66 bits per heavy atom. The first-order valence-corrected chi connectivity index (χ1v) is 10.1. The van der Waals surface area contributed by atoms with Gasteiger partial charge >= 0.3 is 0 Å². The van der Waals surface area contributed by atoms with Crippen LogP contribution in [-0.2, 0) is 10.5 Å². The second kappa shape index (κ2) is 10.3. The molecule has 0 radical (unpaired) electrons. The van der Waals surface area contributed by atoms with Crippen LogP contribution in [-0.4, -0.2) is 29.7 Å². The number of methoxy groups -OCH3 is 1. The molecule has 0 aliphatic heterocycles. The quantitative estimate of drug-likeness (QED) is 0.585. The predicted octanol–water partition coefficient (Wildman–Crippen LogP) is 4.21. The Morgan fingerprint density at radius 3 is 2.31 bits per heavy atom. The smallest absolute Gasteiger partial charge is 0.255 e. The van der Waals surface area contributed by atoms with Crippen molar-refractivity contribution < 1.29 is 14.3 Å². The van der Waals surface area contributed by atoms with Crippen LogP contribution in [0, 0.1) is 0 Å². The van der Waals surface area contributed by atoms with E-state index in [1.165, 1.54) is 11.8 Å². The zero-order valence-corrected chi connectivity index (χ0v) is 16.7. The van der Waals surface area contributed by atoms with Crippen molar-refractivity contribution in [1.29, 1.82) is 0 Å². The van der Waals surface area contributed by atoms with Crippen molar-refractivity contribution in [3.05, 3.63) is 84.2 Å². The van der Waals surface area contributed by atoms with Crippen LogP contribution in [0.2, 0.25) is 0 Å². The molecular weight excluding hydrogens is 386 g/mol. The number of aromatic nitrogens is 1. The Morgan fingerprint density at radius 1 is 0.966 bits per heavy atom. The summed E-state index contributed by atoms with van der Waals surface area (Å²) >= 11 is 1.52. The minimum absolute atomic E-state index is 0.0886. The van der Waals surface area contributed by atoms with E-state index < -0.39 is 0 Å². The Labute approximate surface area is 173 Å². The van der Waals surface area contributed by atoms with E-state index >= 15 is 0 Å². The third-order valence-corrected chi connectivity index (χ3v) is 5.01. The zero-order chi connectivity index (χ0) is 20.5. The van der Waals surface area contributed by atoms with Gasteiger partial charge in [-0.25, -0.2) is 0 Å². The highest BCUT2D eigenvalue weighted by Gasteiger charge is 2.08. The van der Waals surface area contributed by atoms with E-state index in [0.29, 0.717) is 22.7 Å². The molecule has 1 heterocycles. The molecular formula is C22H21N3O3S. The first-order valence-electron chi connectivity index (χ1n) is 8.96. The summed E-state index contributed by atoms with van der Waals surface area (Å²) in [6, 6.07) is 17.7. The number of thioether (sulfide) groups is 1. The van der Waals surface area contributed by atoms with Crippen molar-refractivity contribution >= 4 is 35.0 Å². The Balaban J connectivity index is 1.47. The van der Waals surface area contributed by atoms with Gasteiger partial charge in [0.25, 0.3) is 5.91 Å². The molecule has 3 aromatic rings. The highest BCUT2D eigenvalue weighted by Crippen LogP contribution is 2.17. The van der Waals surface area contributed by atoms with E-state index in [4.69, 9.17) is 4.74 Å². The third-order valence-electron chi connectivity index (χ3n) is 4.00. The fourth-order valence-corrected chi connectivity index (χ4v) is 3.29. The topological polar surface area (TPSA) is 80.3 Å². The van der Waals surface area contributed by atoms with Gasteiger partial charge in [-0.3, -0.25) is 14.6 Å². The van der Waals surface area contributed by atoms with Crippen molar-refractivity contribution in [3.63, 3.8) is 0 Å². The number of nitrogens with zero attached hydrogens (tertiary/aromatic N) is 1. The van der Waals surface area contributed by atoms with Crippen molar-refractivity contribution in [3.8, 4) is 5.75 Å². The monoisotopic (exact) mass is 407 g/mol. The van der Waals surface area contributed by atoms with Gasteiger partial charge in [-0.1, -0.05) is 6.07 Å². The van der Waals surface area contributed by atoms with Gasteiger partial charge in [0.05, 0.1) is 12.9 Å². The van der Waals surface area contributed by atoms with Crippen molar-refractivity contribution in [2.45, 2.75) is 5.75 Å². The molecule has 0 fully saturated rings. The normalized spacial score (nSPS) is 10.2. The van der Waals surface area contributed by atoms with Gasteiger partial charge in [0.15, 0.2) is 0 Å². The van der Waals surface area contributed by atoms with Crippen molar-refractivity contribution in [2.75, 3.05) is 23.5 Å². The molecule has 0 aliphatic rings. The Hall–Kier alpha value is -3.32. The lowest BCUT2D eigenvalue weighted by Crippen LogP contribution is -2.15. The highest BCUT2D eigenvalue weighted by molar-refractivity contribution is 7.99. The van der Waals surface area contributed by atoms with Crippen LogP contribution >= 0.6 is 11.8 Å². The van der Waals surface area contributed by atoms with E-state index in [2.05, 4.69) is 15.6 Å². The number of hydrogen-bond acceptors (Lipinski definition) is 5. The minimum atomic E-state index is -0.222. The SMILES string of the molecule is COc1ccc(NC(=O)c2ccc(NC(=O)CSCc3cccnc3)cc2)cc1. The number of carbonyl (C=O) groups excluding carboxylic acids is 2. The number of rotatable bonds is 8. The molecule has 148 valence electrons. The van der Waals surface area contributed by atoms with E-state index in [0.717, 1.165) is 17.1 Å². The number of carbonyl (C=O) groups is 2. The number of anilines is 2. The van der Waals surface area contributed by atoms with Crippen molar-refractivity contribution in [2.24, 2.45) is 0 Å². The molecule has 7 heteroatoms. The van der Waals surface area contributed by atoms with Crippen molar-refractivity contribution in [1.82, 2.24) is 4.98 Å². The van der Waals surface area contributed by atoms with Gasteiger partial charge in [-0.15, -0.1) is 11.8 Å². The largest absolute Gasteiger partial charge is 0.497 e. The van der Waals surface area contributed by atoms with E-state index in [1.807, 2.05) is 12.1 Å². The molecule has 0 bridgehead atoms. The summed E-state index contributed by atoms with van der Waals surface area (Å²) < 4.78 is 5.10. The first-order chi connectivity index (χ1) is 14.1. The fourth-order valence-electron chi connectivity index (χ4n) is 2.52. The van der Waals surface area contributed by atoms with Crippen LogP contribution in [0.15, 0.2) is 73.1 Å². The molecule has 2 N–H and O–H groups in total. The number of ether oxygens (including phenoxy) is 1. The van der Waals surface area contributed by atoms with Gasteiger partial charge in [0, 0.05) is 35.1 Å². The second-order valence-electron chi connectivity index (χ2n) is 6.16. The Bertz CT molecular complexity index is 945. The summed E-state index contributed by atoms with van der Waals surface area (Å²) in [5.74, 6) is 1.48. The van der Waals surface area contributed by atoms with Crippen LogP contribution in [0.25, 0.3) is 0 Å². The average Bonchev–Trinajstić information content (AvgIpc) is 2.75. The van der Waals surface area contributed by atoms with Gasteiger partial charge in [-0.05, 0) is 60.2 Å². The lowest BCUT2D eigenvalue weighted by atomic mass is 10.2. The van der Waals surface area contributed by atoms with Crippen LogP contribution < -0.4 is 15.4 Å². The van der Waals surface area contributed by atoms with Crippen LogP contribution in [0.3, 0.4) is 0 Å². The second-order valence-corrected chi connectivity index (χ2v) is 7.15. The molecule has 0 saturated carbocycles. The molecule has 6 nitrogen and oxygen atoms in total. The lowest BCUT2D eigenvalue weighted by Gasteiger charge is -2.08. The maximum atomic E-state index is 12.3. The van der Waals surface area contributed by atoms with Gasteiger partial charge in [0.1, 0.15) is 5.75 Å². The zero-order valence-electron chi connectivity index (χ0n) is 15.9. The molecule has 3 rings (SSSR count). The van der Waals surface area contributed by atoms with E-state index in [-0.39, 0.29) is 11.8 Å². The summed E-state index contributed by atoms with van der Waals surface area (Å²) in [6.07, 6.45) is 3.52. The van der Waals surface area contributed by atoms with Gasteiger partial charge in [-0.2, -0.15) is 0 Å². The number of nitrogens with one attached hydrogen (secondary N) is 2. The predicted molar refractivity (Wildman–Crippen MR) is 116 cm³/mol. The molecule has 0 saturated heterocycles. The number of pyridine rings is 1. The lowest BCUT2D eigenvalue weighted by molar-refractivity contribution is -0.113. The standard InChI is InChI=1S/C22H21N3O3S/c1-28-20-10-8-19(9-11-20)25-22(27)17-4-6-18(7-5-17)24-21(26)15-29-14-16-3-2-12-23-13-16/h2-13H,14-15H2,1H3,(H,24,26)(H,25,27). The molecule has 0 aliphatic carbocycles. The molecule has 0 spiro atoms. The van der Waals surface area contributed by atoms with Gasteiger partial charge in [0.2, 0.25) is 5.91 Å². The summed E-state index contributed by atoms with van der Waals surface area (Å²) in [7, 11) is 1.59. The molecule has 2 amide bonds. The number of benzene rings is 2. The van der Waals surface area contributed by atoms with E-state index in [1.54, 1.807) is 68.0 Å². The van der Waals surface area contributed by atoms with Crippen LogP contribution in [0.5, 0.6) is 5.75 Å². The average molecular weight is 407 g/mol. The molecule has 0 unspecified atom stereocenters.